The number of carbonyl (C=O) groups is 2. The highest BCUT2D eigenvalue weighted by Gasteiger charge is 2.02. The third kappa shape index (κ3) is 7.23. The molecule has 2 amide bonds. The van der Waals surface area contributed by atoms with Gasteiger partial charge in [-0.25, -0.2) is 0 Å². The third-order valence-electron chi connectivity index (χ3n) is 1.32. The van der Waals surface area contributed by atoms with Crippen molar-refractivity contribution >= 4 is 11.8 Å². The Balaban J connectivity index is 3.40. The number of hydrazine groups is 1. The largest absolute Gasteiger partial charge is 0.330 e. The molecule has 13 heavy (non-hydrogen) atoms. The molecule has 0 aromatic carbocycles. The molecule has 0 aromatic heterocycles. The number of nitrogens with one attached hydrogen (secondary N) is 2. The van der Waals surface area contributed by atoms with Gasteiger partial charge in [0.05, 0.1) is 0 Å². The first-order valence-corrected chi connectivity index (χ1v) is 4.18. The zero-order valence-electron chi connectivity index (χ0n) is 7.51. The minimum atomic E-state index is -0.288. The molecule has 0 aliphatic carbocycles. The lowest BCUT2D eigenvalue weighted by molar-refractivity contribution is -0.128. The van der Waals surface area contributed by atoms with E-state index >= 15 is 0 Å². The van der Waals surface area contributed by atoms with E-state index in [0.29, 0.717) is 19.4 Å². The Kier molecular flexibility index (Phi) is 6.85. The predicted octanol–water partition coefficient (Wildman–Crippen LogP) is -1.78. The Morgan fingerprint density at radius 2 is 1.46 bits per heavy atom. The zero-order chi connectivity index (χ0) is 10.1. The summed E-state index contributed by atoms with van der Waals surface area (Å²) in [5, 5.41) is 0. The van der Waals surface area contributed by atoms with Crippen LogP contribution in [0.25, 0.3) is 0 Å². The molecule has 0 aliphatic heterocycles. The van der Waals surface area contributed by atoms with Gasteiger partial charge >= 0.3 is 0 Å². The van der Waals surface area contributed by atoms with E-state index in [-0.39, 0.29) is 24.8 Å². The van der Waals surface area contributed by atoms with Gasteiger partial charge in [0.25, 0.3) is 0 Å². The molecule has 6 N–H and O–H groups in total. The Morgan fingerprint density at radius 3 is 1.92 bits per heavy atom. The van der Waals surface area contributed by atoms with E-state index in [4.69, 9.17) is 11.5 Å². The highest BCUT2D eigenvalue weighted by Crippen LogP contribution is 1.83. The number of hydrogen-bond acceptors (Lipinski definition) is 4. The van der Waals surface area contributed by atoms with Crippen molar-refractivity contribution in [3.05, 3.63) is 0 Å². The zero-order valence-corrected chi connectivity index (χ0v) is 7.51. The van der Waals surface area contributed by atoms with Gasteiger partial charge in [0.2, 0.25) is 11.8 Å². The van der Waals surface area contributed by atoms with Crippen LogP contribution in [-0.2, 0) is 9.59 Å². The maximum absolute atomic E-state index is 10.9. The first-order chi connectivity index (χ1) is 6.20. The maximum Gasteiger partial charge on any atom is 0.239 e. The summed E-state index contributed by atoms with van der Waals surface area (Å²) in [4.78, 5) is 21.7. The quantitative estimate of drug-likeness (QED) is 0.382. The van der Waals surface area contributed by atoms with Gasteiger partial charge in [0.1, 0.15) is 0 Å². The fraction of sp³-hybridized carbons (Fsp3) is 0.714. The Hall–Kier alpha value is -1.14. The monoisotopic (exact) mass is 188 g/mol. The number of nitrogens with two attached hydrogens (primary N) is 2. The molecule has 0 saturated carbocycles. The molecular weight excluding hydrogens is 172 g/mol. The molecule has 0 rings (SSSR count). The second kappa shape index (κ2) is 7.51. The SMILES string of the molecule is NCCCC(=O)NNC(=O)CCN. The molecule has 0 bridgehead atoms. The second-order valence-corrected chi connectivity index (χ2v) is 2.53. The van der Waals surface area contributed by atoms with Crippen LogP contribution >= 0.6 is 0 Å². The Labute approximate surface area is 77.0 Å². The summed E-state index contributed by atoms with van der Waals surface area (Å²) < 4.78 is 0. The van der Waals surface area contributed by atoms with Gasteiger partial charge in [-0.2, -0.15) is 0 Å². The van der Waals surface area contributed by atoms with E-state index in [9.17, 15) is 9.59 Å². The lowest BCUT2D eigenvalue weighted by Crippen LogP contribution is -2.42. The molecule has 6 heteroatoms. The Morgan fingerprint density at radius 1 is 0.923 bits per heavy atom. The van der Waals surface area contributed by atoms with Crippen molar-refractivity contribution in [1.82, 2.24) is 10.9 Å². The van der Waals surface area contributed by atoms with Crippen molar-refractivity contribution < 1.29 is 9.59 Å². The minimum absolute atomic E-state index is 0.206. The van der Waals surface area contributed by atoms with Gasteiger partial charge in [-0.1, -0.05) is 0 Å². The van der Waals surface area contributed by atoms with Crippen LogP contribution < -0.4 is 22.3 Å². The van der Waals surface area contributed by atoms with Crippen molar-refractivity contribution in [2.24, 2.45) is 11.5 Å². The molecule has 0 aliphatic rings. The second-order valence-electron chi connectivity index (χ2n) is 2.53. The summed E-state index contributed by atoms with van der Waals surface area (Å²) in [6.07, 6.45) is 1.13. The molecule has 0 saturated heterocycles. The van der Waals surface area contributed by atoms with Crippen molar-refractivity contribution in [2.75, 3.05) is 13.1 Å². The molecular formula is C7H16N4O2. The topological polar surface area (TPSA) is 110 Å². The van der Waals surface area contributed by atoms with Gasteiger partial charge in [0.15, 0.2) is 0 Å². The fourth-order valence-electron chi connectivity index (χ4n) is 0.658. The van der Waals surface area contributed by atoms with Crippen LogP contribution in [0.5, 0.6) is 0 Å². The highest BCUT2D eigenvalue weighted by atomic mass is 16.2. The highest BCUT2D eigenvalue weighted by molar-refractivity contribution is 5.81. The average Bonchev–Trinajstić information content (AvgIpc) is 2.12. The third-order valence-corrected chi connectivity index (χ3v) is 1.32. The summed E-state index contributed by atoms with van der Waals surface area (Å²) >= 11 is 0. The van der Waals surface area contributed by atoms with Gasteiger partial charge in [-0.3, -0.25) is 20.4 Å². The van der Waals surface area contributed by atoms with Crippen molar-refractivity contribution in [2.45, 2.75) is 19.3 Å². The van der Waals surface area contributed by atoms with Crippen molar-refractivity contribution in [3.8, 4) is 0 Å². The van der Waals surface area contributed by atoms with Crippen LogP contribution in [-0.4, -0.2) is 24.9 Å². The minimum Gasteiger partial charge on any atom is -0.330 e. The molecule has 0 radical (unpaired) electrons. The first-order valence-electron chi connectivity index (χ1n) is 4.18. The van der Waals surface area contributed by atoms with E-state index in [1.807, 2.05) is 0 Å². The summed E-state index contributed by atoms with van der Waals surface area (Å²) in [7, 11) is 0. The number of hydrogen-bond donors (Lipinski definition) is 4. The molecule has 0 aromatic rings. The maximum atomic E-state index is 10.9. The number of rotatable bonds is 5. The molecule has 0 fully saturated rings. The first kappa shape index (κ1) is 11.9. The summed E-state index contributed by atoms with van der Waals surface area (Å²) in [5.41, 5.74) is 14.8. The van der Waals surface area contributed by atoms with Crippen LogP contribution in [0.4, 0.5) is 0 Å². The smallest absolute Gasteiger partial charge is 0.239 e. The van der Waals surface area contributed by atoms with Crippen molar-refractivity contribution in [3.63, 3.8) is 0 Å². The van der Waals surface area contributed by atoms with Crippen LogP contribution in [0.2, 0.25) is 0 Å². The van der Waals surface area contributed by atoms with E-state index in [2.05, 4.69) is 10.9 Å². The average molecular weight is 188 g/mol. The molecule has 0 atom stereocenters. The van der Waals surface area contributed by atoms with Gasteiger partial charge in [0, 0.05) is 19.4 Å². The van der Waals surface area contributed by atoms with E-state index in [0.717, 1.165) is 0 Å². The standard InChI is InChI=1S/C7H16N4O2/c8-4-1-2-6(12)10-11-7(13)3-5-9/h1-5,8-9H2,(H,10,12)(H,11,13). The van der Waals surface area contributed by atoms with Crippen LogP contribution in [0, 0.1) is 0 Å². The van der Waals surface area contributed by atoms with Crippen LogP contribution in [0.3, 0.4) is 0 Å². The number of carbonyl (C=O) groups excluding carboxylic acids is 2. The molecule has 0 spiro atoms. The van der Waals surface area contributed by atoms with Gasteiger partial charge < -0.3 is 11.5 Å². The van der Waals surface area contributed by atoms with Crippen LogP contribution in [0.1, 0.15) is 19.3 Å². The van der Waals surface area contributed by atoms with E-state index in [1.165, 1.54) is 0 Å². The van der Waals surface area contributed by atoms with E-state index in [1.54, 1.807) is 0 Å². The summed E-state index contributed by atoms with van der Waals surface area (Å²) in [5.74, 6) is -0.528. The number of amides is 2. The summed E-state index contributed by atoms with van der Waals surface area (Å²) in [6.45, 7) is 0.731. The van der Waals surface area contributed by atoms with E-state index < -0.39 is 0 Å². The molecule has 76 valence electrons. The Bertz CT molecular complexity index is 172. The molecule has 6 nitrogen and oxygen atoms in total. The van der Waals surface area contributed by atoms with Crippen LogP contribution in [0.15, 0.2) is 0 Å². The lowest BCUT2D eigenvalue weighted by atomic mass is 10.3. The predicted molar refractivity (Wildman–Crippen MR) is 48.2 cm³/mol. The summed E-state index contributed by atoms with van der Waals surface area (Å²) in [6, 6.07) is 0. The fourth-order valence-corrected chi connectivity index (χ4v) is 0.658. The molecule has 0 unspecified atom stereocenters. The van der Waals surface area contributed by atoms with Gasteiger partial charge in [-0.05, 0) is 13.0 Å². The normalized spacial score (nSPS) is 9.38. The lowest BCUT2D eigenvalue weighted by Gasteiger charge is -2.05. The van der Waals surface area contributed by atoms with Gasteiger partial charge in [-0.15, -0.1) is 0 Å². The van der Waals surface area contributed by atoms with Crippen molar-refractivity contribution in [1.29, 1.82) is 0 Å². The molecule has 0 heterocycles.